The molecule has 0 unspecified atom stereocenters. The standard InChI is InChI=1S/C15H23N3O/c1-18(11-12-6-3-2-4-7-12)15(19)17-14-9-5-8-13(16)10-14/h5,8-10,12H,2-4,6-7,11,16H2,1H3,(H,17,19). The minimum atomic E-state index is -0.0591. The van der Waals surface area contributed by atoms with Crippen LogP contribution < -0.4 is 11.1 Å². The fourth-order valence-electron chi connectivity index (χ4n) is 2.68. The molecule has 0 radical (unpaired) electrons. The molecule has 1 aromatic rings. The number of nitrogens with one attached hydrogen (secondary N) is 1. The number of carbonyl (C=O) groups is 1. The maximum atomic E-state index is 12.1. The molecule has 1 saturated carbocycles. The zero-order valence-electron chi connectivity index (χ0n) is 11.6. The highest BCUT2D eigenvalue weighted by atomic mass is 16.2. The van der Waals surface area contributed by atoms with Gasteiger partial charge in [0.25, 0.3) is 0 Å². The van der Waals surface area contributed by atoms with Crippen LogP contribution in [0.3, 0.4) is 0 Å². The number of nitrogens with two attached hydrogens (primary N) is 1. The largest absolute Gasteiger partial charge is 0.399 e. The molecule has 1 fully saturated rings. The zero-order valence-corrected chi connectivity index (χ0v) is 11.6. The van der Waals surface area contributed by atoms with Gasteiger partial charge in [0.15, 0.2) is 0 Å². The van der Waals surface area contributed by atoms with E-state index in [9.17, 15) is 4.79 Å². The number of hydrogen-bond donors (Lipinski definition) is 2. The Morgan fingerprint density at radius 3 is 2.79 bits per heavy atom. The number of urea groups is 1. The van der Waals surface area contributed by atoms with Crippen LogP contribution in [-0.4, -0.2) is 24.5 Å². The Kier molecular flexibility index (Phi) is 4.66. The Balaban J connectivity index is 1.84. The predicted octanol–water partition coefficient (Wildman–Crippen LogP) is 3.31. The van der Waals surface area contributed by atoms with E-state index in [1.165, 1.54) is 32.1 Å². The summed E-state index contributed by atoms with van der Waals surface area (Å²) in [6.07, 6.45) is 6.44. The number of carbonyl (C=O) groups excluding carboxylic acids is 1. The molecule has 4 heteroatoms. The molecule has 104 valence electrons. The molecule has 1 aliphatic rings. The number of benzene rings is 1. The number of hydrogen-bond acceptors (Lipinski definition) is 2. The second kappa shape index (κ2) is 6.45. The van der Waals surface area contributed by atoms with Crippen molar-refractivity contribution in [1.82, 2.24) is 4.90 Å². The van der Waals surface area contributed by atoms with Crippen LogP contribution in [0.1, 0.15) is 32.1 Å². The third kappa shape index (κ3) is 4.16. The number of anilines is 2. The SMILES string of the molecule is CN(CC1CCCCC1)C(=O)Nc1cccc(N)c1. The molecule has 19 heavy (non-hydrogen) atoms. The topological polar surface area (TPSA) is 58.4 Å². The van der Waals surface area contributed by atoms with Gasteiger partial charge in [0.2, 0.25) is 0 Å². The fourth-order valence-corrected chi connectivity index (χ4v) is 2.68. The van der Waals surface area contributed by atoms with Gasteiger partial charge in [0.1, 0.15) is 0 Å². The first-order chi connectivity index (χ1) is 9.15. The number of nitrogens with zero attached hydrogens (tertiary/aromatic N) is 1. The maximum Gasteiger partial charge on any atom is 0.321 e. The first-order valence-electron chi connectivity index (χ1n) is 7.03. The molecule has 2 rings (SSSR count). The van der Waals surface area contributed by atoms with Crippen LogP contribution in [0, 0.1) is 5.92 Å². The Bertz CT molecular complexity index is 427. The van der Waals surface area contributed by atoms with E-state index in [0.29, 0.717) is 11.6 Å². The molecule has 0 heterocycles. The Morgan fingerprint density at radius 2 is 2.11 bits per heavy atom. The normalized spacial score (nSPS) is 16.1. The summed E-state index contributed by atoms with van der Waals surface area (Å²) in [5.74, 6) is 0.658. The van der Waals surface area contributed by atoms with Gasteiger partial charge < -0.3 is 16.0 Å². The molecule has 0 aliphatic heterocycles. The van der Waals surface area contributed by atoms with Gasteiger partial charge in [-0.25, -0.2) is 4.79 Å². The van der Waals surface area contributed by atoms with Gasteiger partial charge in [0, 0.05) is 25.0 Å². The zero-order chi connectivity index (χ0) is 13.7. The van der Waals surface area contributed by atoms with Gasteiger partial charge in [-0.05, 0) is 37.0 Å². The highest BCUT2D eigenvalue weighted by Crippen LogP contribution is 2.24. The van der Waals surface area contributed by atoms with Crippen LogP contribution in [0.4, 0.5) is 16.2 Å². The summed E-state index contributed by atoms with van der Waals surface area (Å²) in [5.41, 5.74) is 7.11. The van der Waals surface area contributed by atoms with Gasteiger partial charge >= 0.3 is 6.03 Å². The van der Waals surface area contributed by atoms with Crippen LogP contribution in [0.15, 0.2) is 24.3 Å². The molecule has 4 nitrogen and oxygen atoms in total. The molecule has 3 N–H and O–H groups in total. The lowest BCUT2D eigenvalue weighted by Crippen LogP contribution is -2.35. The average Bonchev–Trinajstić information content (AvgIpc) is 2.40. The second-order valence-electron chi connectivity index (χ2n) is 5.44. The van der Waals surface area contributed by atoms with Gasteiger partial charge in [-0.2, -0.15) is 0 Å². The molecule has 0 atom stereocenters. The summed E-state index contributed by atoms with van der Waals surface area (Å²) in [5, 5.41) is 2.88. The summed E-state index contributed by atoms with van der Waals surface area (Å²) in [4.78, 5) is 13.8. The average molecular weight is 261 g/mol. The smallest absolute Gasteiger partial charge is 0.321 e. The van der Waals surface area contributed by atoms with Crippen LogP contribution in [0.5, 0.6) is 0 Å². The predicted molar refractivity (Wildman–Crippen MR) is 79.1 cm³/mol. The molecular formula is C15H23N3O. The Labute approximate surface area is 115 Å². The molecule has 2 amide bonds. The summed E-state index contributed by atoms with van der Waals surface area (Å²) in [7, 11) is 1.86. The van der Waals surface area contributed by atoms with Crippen LogP contribution in [0.2, 0.25) is 0 Å². The van der Waals surface area contributed by atoms with Gasteiger partial charge in [0.05, 0.1) is 0 Å². The van der Waals surface area contributed by atoms with E-state index in [1.54, 1.807) is 17.0 Å². The van der Waals surface area contributed by atoms with Gasteiger partial charge in [-0.3, -0.25) is 0 Å². The lowest BCUT2D eigenvalue weighted by Gasteiger charge is -2.27. The van der Waals surface area contributed by atoms with E-state index in [4.69, 9.17) is 5.73 Å². The monoisotopic (exact) mass is 261 g/mol. The summed E-state index contributed by atoms with van der Waals surface area (Å²) in [6, 6.07) is 7.21. The lowest BCUT2D eigenvalue weighted by atomic mass is 9.89. The molecule has 0 spiro atoms. The first kappa shape index (κ1) is 13.7. The van der Waals surface area contributed by atoms with Crippen molar-refractivity contribution < 1.29 is 4.79 Å². The number of nitrogen functional groups attached to an aromatic ring is 1. The summed E-state index contributed by atoms with van der Waals surface area (Å²) >= 11 is 0. The third-order valence-corrected chi connectivity index (χ3v) is 3.74. The highest BCUT2D eigenvalue weighted by molar-refractivity contribution is 5.89. The summed E-state index contributed by atoms with van der Waals surface area (Å²) in [6.45, 7) is 0.841. The fraction of sp³-hybridized carbons (Fsp3) is 0.533. The van der Waals surface area contributed by atoms with Crippen LogP contribution >= 0.6 is 0 Å². The Hall–Kier alpha value is -1.71. The molecule has 0 aromatic heterocycles. The molecule has 1 aliphatic carbocycles. The second-order valence-corrected chi connectivity index (χ2v) is 5.44. The van der Waals surface area contributed by atoms with E-state index in [2.05, 4.69) is 5.32 Å². The van der Waals surface area contributed by atoms with E-state index in [1.807, 2.05) is 19.2 Å². The Morgan fingerprint density at radius 1 is 1.37 bits per heavy atom. The van der Waals surface area contributed by atoms with Crippen molar-refractivity contribution in [3.05, 3.63) is 24.3 Å². The number of amides is 2. The van der Waals surface area contributed by atoms with Crippen molar-refractivity contribution in [2.45, 2.75) is 32.1 Å². The quantitative estimate of drug-likeness (QED) is 0.820. The van der Waals surface area contributed by atoms with Crippen molar-refractivity contribution >= 4 is 17.4 Å². The molecule has 1 aromatic carbocycles. The lowest BCUT2D eigenvalue weighted by molar-refractivity contribution is 0.205. The number of rotatable bonds is 3. The van der Waals surface area contributed by atoms with E-state index in [-0.39, 0.29) is 6.03 Å². The van der Waals surface area contributed by atoms with Crippen molar-refractivity contribution in [2.24, 2.45) is 5.92 Å². The van der Waals surface area contributed by atoms with Gasteiger partial charge in [-0.15, -0.1) is 0 Å². The minimum Gasteiger partial charge on any atom is -0.399 e. The molecular weight excluding hydrogens is 238 g/mol. The van der Waals surface area contributed by atoms with Gasteiger partial charge in [-0.1, -0.05) is 25.3 Å². The van der Waals surface area contributed by atoms with Crippen molar-refractivity contribution in [2.75, 3.05) is 24.6 Å². The highest BCUT2D eigenvalue weighted by Gasteiger charge is 2.18. The van der Waals surface area contributed by atoms with E-state index < -0.39 is 0 Å². The molecule has 0 bridgehead atoms. The minimum absolute atomic E-state index is 0.0591. The van der Waals surface area contributed by atoms with E-state index >= 15 is 0 Å². The maximum absolute atomic E-state index is 12.1. The summed E-state index contributed by atoms with van der Waals surface area (Å²) < 4.78 is 0. The first-order valence-corrected chi connectivity index (χ1v) is 7.03. The van der Waals surface area contributed by atoms with Crippen molar-refractivity contribution in [1.29, 1.82) is 0 Å². The van der Waals surface area contributed by atoms with Crippen LogP contribution in [-0.2, 0) is 0 Å². The third-order valence-electron chi connectivity index (χ3n) is 3.74. The van der Waals surface area contributed by atoms with Crippen LogP contribution in [0.25, 0.3) is 0 Å². The molecule has 0 saturated heterocycles. The van der Waals surface area contributed by atoms with Crippen molar-refractivity contribution in [3.63, 3.8) is 0 Å². The van der Waals surface area contributed by atoms with Crippen molar-refractivity contribution in [3.8, 4) is 0 Å². The van der Waals surface area contributed by atoms with E-state index in [0.717, 1.165) is 12.2 Å².